The number of aliphatic carboxylic acids is 1. The molecule has 0 saturated carbocycles. The number of hydrogen-bond acceptors (Lipinski definition) is 1. The zero-order chi connectivity index (χ0) is 20.7. The molecule has 1 aliphatic rings. The second-order valence-corrected chi connectivity index (χ2v) is 9.54. The number of benzene rings is 2. The molecular formula is C26H32O2. The first kappa shape index (κ1) is 20.4. The van der Waals surface area contributed by atoms with E-state index < -0.39 is 5.97 Å². The van der Waals surface area contributed by atoms with Gasteiger partial charge in [-0.2, -0.15) is 0 Å². The van der Waals surface area contributed by atoms with Crippen molar-refractivity contribution in [1.82, 2.24) is 0 Å². The van der Waals surface area contributed by atoms with Gasteiger partial charge in [-0.1, -0.05) is 71.0 Å². The molecule has 0 fully saturated rings. The maximum absolute atomic E-state index is 11.0. The van der Waals surface area contributed by atoms with Gasteiger partial charge in [-0.3, -0.25) is 0 Å². The minimum absolute atomic E-state index is 0.176. The van der Waals surface area contributed by atoms with Crippen molar-refractivity contribution in [2.75, 3.05) is 0 Å². The summed E-state index contributed by atoms with van der Waals surface area (Å²) in [4.78, 5) is 11.0. The minimum atomic E-state index is -0.920. The molecule has 1 N–H and O–H groups in total. The fraction of sp³-hybridized carbons (Fsp3) is 0.423. The van der Waals surface area contributed by atoms with E-state index in [0.717, 1.165) is 11.1 Å². The van der Waals surface area contributed by atoms with Crippen LogP contribution in [0, 0.1) is 6.92 Å². The Morgan fingerprint density at radius 2 is 1.57 bits per heavy atom. The molecule has 148 valence electrons. The summed E-state index contributed by atoms with van der Waals surface area (Å²) in [6, 6.07) is 12.9. The van der Waals surface area contributed by atoms with E-state index >= 15 is 0 Å². The van der Waals surface area contributed by atoms with Gasteiger partial charge in [-0.15, -0.1) is 0 Å². The smallest absolute Gasteiger partial charge is 0.328 e. The molecule has 1 aliphatic carbocycles. The number of aryl methyl sites for hydroxylation is 1. The Balaban J connectivity index is 2.12. The third-order valence-corrected chi connectivity index (χ3v) is 6.57. The van der Waals surface area contributed by atoms with Gasteiger partial charge in [0.1, 0.15) is 0 Å². The van der Waals surface area contributed by atoms with E-state index in [1.165, 1.54) is 41.2 Å². The fourth-order valence-electron chi connectivity index (χ4n) is 4.59. The van der Waals surface area contributed by atoms with Crippen LogP contribution in [0.2, 0.25) is 0 Å². The van der Waals surface area contributed by atoms with Crippen LogP contribution >= 0.6 is 0 Å². The summed E-state index contributed by atoms with van der Waals surface area (Å²) in [6.07, 6.45) is 5.33. The van der Waals surface area contributed by atoms with Crippen LogP contribution in [-0.2, 0) is 15.6 Å². The van der Waals surface area contributed by atoms with Crippen molar-refractivity contribution >= 4 is 12.0 Å². The molecule has 0 aromatic heterocycles. The molecule has 0 radical (unpaired) electrons. The van der Waals surface area contributed by atoms with Crippen LogP contribution in [0.3, 0.4) is 0 Å². The summed E-state index contributed by atoms with van der Waals surface area (Å²) in [6.45, 7) is 13.9. The first-order chi connectivity index (χ1) is 13.0. The Morgan fingerprint density at radius 1 is 1.00 bits per heavy atom. The molecule has 0 amide bonds. The molecule has 0 saturated heterocycles. The van der Waals surface area contributed by atoms with E-state index in [1.807, 2.05) is 18.2 Å². The second-order valence-electron chi connectivity index (χ2n) is 9.54. The highest BCUT2D eigenvalue weighted by molar-refractivity contribution is 5.85. The molecule has 28 heavy (non-hydrogen) atoms. The lowest BCUT2D eigenvalue weighted by Gasteiger charge is -2.42. The standard InChI is InChI=1S/C26H32O2/c1-17-15-22-23(26(5,6)14-13-25(22,3)4)16-21(17)18(2)20-10-8-7-9-19(20)11-12-24(27)28/h7-12,15-16,18H,13-14H2,1-6H3,(H,27,28)/b12-11+. The number of carboxylic acids is 1. The summed E-state index contributed by atoms with van der Waals surface area (Å²) >= 11 is 0. The molecule has 1 atom stereocenters. The van der Waals surface area contributed by atoms with Crippen molar-refractivity contribution in [2.45, 2.75) is 71.1 Å². The van der Waals surface area contributed by atoms with Crippen molar-refractivity contribution in [3.63, 3.8) is 0 Å². The van der Waals surface area contributed by atoms with Crippen LogP contribution in [0.4, 0.5) is 0 Å². The lowest BCUT2D eigenvalue weighted by Crippen LogP contribution is -2.34. The van der Waals surface area contributed by atoms with Gasteiger partial charge in [0, 0.05) is 12.0 Å². The Hall–Kier alpha value is -2.35. The van der Waals surface area contributed by atoms with E-state index in [-0.39, 0.29) is 16.7 Å². The lowest BCUT2D eigenvalue weighted by molar-refractivity contribution is -0.131. The maximum Gasteiger partial charge on any atom is 0.328 e. The molecule has 0 spiro atoms. The van der Waals surface area contributed by atoms with Crippen molar-refractivity contribution < 1.29 is 9.90 Å². The van der Waals surface area contributed by atoms with E-state index in [4.69, 9.17) is 5.11 Å². The predicted molar refractivity (Wildman–Crippen MR) is 117 cm³/mol. The molecule has 1 unspecified atom stereocenters. The van der Waals surface area contributed by atoms with Crippen LogP contribution in [0.5, 0.6) is 0 Å². The highest BCUT2D eigenvalue weighted by atomic mass is 16.4. The van der Waals surface area contributed by atoms with E-state index in [9.17, 15) is 4.79 Å². The Bertz CT molecular complexity index is 931. The predicted octanol–water partition coefficient (Wildman–Crippen LogP) is 6.59. The maximum atomic E-state index is 11.0. The van der Waals surface area contributed by atoms with Crippen molar-refractivity contribution in [3.8, 4) is 0 Å². The number of rotatable bonds is 4. The van der Waals surface area contributed by atoms with Crippen LogP contribution in [-0.4, -0.2) is 11.1 Å². The van der Waals surface area contributed by atoms with Gasteiger partial charge in [-0.05, 0) is 70.1 Å². The molecule has 0 bridgehead atoms. The van der Waals surface area contributed by atoms with Crippen molar-refractivity contribution in [2.24, 2.45) is 0 Å². The summed E-state index contributed by atoms with van der Waals surface area (Å²) in [7, 11) is 0. The van der Waals surface area contributed by atoms with Crippen LogP contribution in [0.25, 0.3) is 6.08 Å². The third-order valence-electron chi connectivity index (χ3n) is 6.57. The fourth-order valence-corrected chi connectivity index (χ4v) is 4.59. The average molecular weight is 377 g/mol. The second kappa shape index (κ2) is 7.24. The normalized spacial score (nSPS) is 18.6. The molecule has 3 rings (SSSR count). The number of fused-ring (bicyclic) bond motifs is 1. The van der Waals surface area contributed by atoms with E-state index in [0.29, 0.717) is 0 Å². The quantitative estimate of drug-likeness (QED) is 0.611. The number of carboxylic acid groups (broad SMARTS) is 1. The monoisotopic (exact) mass is 376 g/mol. The van der Waals surface area contributed by atoms with Crippen molar-refractivity contribution in [1.29, 1.82) is 0 Å². The summed E-state index contributed by atoms with van der Waals surface area (Å²) < 4.78 is 0. The SMILES string of the molecule is Cc1cc2c(cc1C(C)c1ccccc1/C=C/C(=O)O)C(C)(C)CCC2(C)C. The van der Waals surface area contributed by atoms with Gasteiger partial charge in [0.25, 0.3) is 0 Å². The molecule has 0 aliphatic heterocycles. The molecule has 2 aromatic rings. The summed E-state index contributed by atoms with van der Waals surface area (Å²) in [5.74, 6) is -0.725. The van der Waals surface area contributed by atoms with Crippen LogP contribution < -0.4 is 0 Å². The average Bonchev–Trinajstić information content (AvgIpc) is 2.63. The van der Waals surface area contributed by atoms with Gasteiger partial charge in [-0.25, -0.2) is 4.79 Å². The van der Waals surface area contributed by atoms with Crippen molar-refractivity contribution in [3.05, 3.63) is 75.9 Å². The highest BCUT2D eigenvalue weighted by Gasteiger charge is 2.37. The molecule has 2 heteroatoms. The highest BCUT2D eigenvalue weighted by Crippen LogP contribution is 2.47. The third kappa shape index (κ3) is 3.78. The Labute approximate surface area is 169 Å². The topological polar surface area (TPSA) is 37.3 Å². The van der Waals surface area contributed by atoms with Gasteiger partial charge >= 0.3 is 5.97 Å². The summed E-state index contributed by atoms with van der Waals surface area (Å²) in [5, 5.41) is 9.02. The zero-order valence-electron chi connectivity index (χ0n) is 18.0. The largest absolute Gasteiger partial charge is 0.478 e. The Morgan fingerprint density at radius 3 is 2.18 bits per heavy atom. The number of carbonyl (C=O) groups is 1. The molecule has 2 aromatic carbocycles. The lowest BCUT2D eigenvalue weighted by atomic mass is 9.62. The van der Waals surface area contributed by atoms with Gasteiger partial charge in [0.05, 0.1) is 0 Å². The first-order valence-electron chi connectivity index (χ1n) is 10.2. The summed E-state index contributed by atoms with van der Waals surface area (Å²) in [5.41, 5.74) is 8.11. The van der Waals surface area contributed by atoms with E-state index in [2.05, 4.69) is 59.7 Å². The van der Waals surface area contributed by atoms with Gasteiger partial charge < -0.3 is 5.11 Å². The van der Waals surface area contributed by atoms with E-state index in [1.54, 1.807) is 6.08 Å². The Kier molecular flexibility index (Phi) is 5.27. The molecule has 0 heterocycles. The molecular weight excluding hydrogens is 344 g/mol. The number of hydrogen-bond donors (Lipinski definition) is 1. The molecule has 2 nitrogen and oxygen atoms in total. The van der Waals surface area contributed by atoms with Crippen LogP contribution in [0.1, 0.15) is 86.8 Å². The van der Waals surface area contributed by atoms with Gasteiger partial charge in [0.15, 0.2) is 0 Å². The first-order valence-corrected chi connectivity index (χ1v) is 10.2. The zero-order valence-corrected chi connectivity index (χ0v) is 18.0. The minimum Gasteiger partial charge on any atom is -0.478 e. The van der Waals surface area contributed by atoms with Crippen LogP contribution in [0.15, 0.2) is 42.5 Å². The van der Waals surface area contributed by atoms with Gasteiger partial charge in [0.2, 0.25) is 0 Å².